The molecule has 1 fully saturated rings. The molecule has 6 nitrogen and oxygen atoms in total. The fourth-order valence-electron chi connectivity index (χ4n) is 2.30. The van der Waals surface area contributed by atoms with Gasteiger partial charge < -0.3 is 15.8 Å². The number of rotatable bonds is 6. The number of carbonyl (C=O) groups excluding carboxylic acids is 1. The van der Waals surface area contributed by atoms with Crippen molar-refractivity contribution in [3.8, 4) is 5.75 Å². The summed E-state index contributed by atoms with van der Waals surface area (Å²) in [5.74, 6) is 0.404. The molecule has 3 rings (SSSR count). The molecule has 0 saturated heterocycles. The van der Waals surface area contributed by atoms with Gasteiger partial charge in [0.05, 0.1) is 5.56 Å². The van der Waals surface area contributed by atoms with Gasteiger partial charge in [-0.15, -0.1) is 0 Å². The molecule has 0 spiro atoms. The molecule has 9 heteroatoms. The average Bonchev–Trinajstić information content (AvgIpc) is 3.38. The molecule has 0 unspecified atom stereocenters. The van der Waals surface area contributed by atoms with Gasteiger partial charge in [-0.3, -0.25) is 4.79 Å². The van der Waals surface area contributed by atoms with Crippen LogP contribution in [0.15, 0.2) is 24.4 Å². The number of amides is 1. The van der Waals surface area contributed by atoms with E-state index in [0.29, 0.717) is 11.7 Å². The van der Waals surface area contributed by atoms with E-state index in [-0.39, 0.29) is 34.3 Å². The minimum absolute atomic E-state index is 0.0811. The Hall–Kier alpha value is -2.48. The number of nitrogens with zero attached hydrogens (tertiary/aromatic N) is 2. The van der Waals surface area contributed by atoms with E-state index < -0.39 is 12.5 Å². The van der Waals surface area contributed by atoms with E-state index in [2.05, 4.69) is 20.0 Å². The topological polar surface area (TPSA) is 90.1 Å². The van der Waals surface area contributed by atoms with Crippen molar-refractivity contribution in [3.05, 3.63) is 46.4 Å². The molecule has 25 heavy (non-hydrogen) atoms. The molecule has 1 saturated carbocycles. The lowest BCUT2D eigenvalue weighted by Gasteiger charge is -2.13. The van der Waals surface area contributed by atoms with Crippen molar-refractivity contribution in [3.63, 3.8) is 0 Å². The Balaban J connectivity index is 1.72. The van der Waals surface area contributed by atoms with Gasteiger partial charge in [0.25, 0.3) is 5.91 Å². The second-order valence-electron chi connectivity index (χ2n) is 5.58. The Labute approximate surface area is 147 Å². The van der Waals surface area contributed by atoms with Gasteiger partial charge in [0.2, 0.25) is 0 Å². The summed E-state index contributed by atoms with van der Waals surface area (Å²) in [6.07, 6.45) is 3.41. The van der Waals surface area contributed by atoms with Crippen molar-refractivity contribution < 1.29 is 18.3 Å². The van der Waals surface area contributed by atoms with Crippen LogP contribution in [0.2, 0.25) is 5.02 Å². The lowest BCUT2D eigenvalue weighted by atomic mass is 10.2. The van der Waals surface area contributed by atoms with Crippen molar-refractivity contribution in [1.82, 2.24) is 15.3 Å². The molecular weight excluding hydrogens is 354 g/mol. The molecule has 1 aromatic heterocycles. The van der Waals surface area contributed by atoms with Crippen LogP contribution in [0, 0.1) is 0 Å². The number of alkyl halides is 2. The van der Waals surface area contributed by atoms with Gasteiger partial charge in [-0.1, -0.05) is 17.7 Å². The number of ether oxygens (including phenoxy) is 1. The highest BCUT2D eigenvalue weighted by Gasteiger charge is 2.27. The number of nitrogens with two attached hydrogens (primary N) is 1. The number of halogens is 3. The zero-order valence-electron chi connectivity index (χ0n) is 13.0. The monoisotopic (exact) mass is 368 g/mol. The summed E-state index contributed by atoms with van der Waals surface area (Å²) in [7, 11) is 0. The van der Waals surface area contributed by atoms with E-state index in [1.807, 2.05) is 0 Å². The predicted octanol–water partition coefficient (Wildman–Crippen LogP) is 3.12. The Bertz CT molecular complexity index is 800. The molecule has 132 valence electrons. The largest absolute Gasteiger partial charge is 0.434 e. The van der Waals surface area contributed by atoms with Crippen LogP contribution in [0.4, 0.5) is 14.6 Å². The van der Waals surface area contributed by atoms with Gasteiger partial charge in [0.1, 0.15) is 17.4 Å². The second kappa shape index (κ2) is 7.18. The van der Waals surface area contributed by atoms with Crippen molar-refractivity contribution in [1.29, 1.82) is 0 Å². The molecule has 0 aliphatic heterocycles. The summed E-state index contributed by atoms with van der Waals surface area (Å²) in [6.45, 7) is -3.10. The van der Waals surface area contributed by atoms with Crippen molar-refractivity contribution in [2.24, 2.45) is 0 Å². The lowest BCUT2D eigenvalue weighted by molar-refractivity contribution is -0.0504. The first-order valence-electron chi connectivity index (χ1n) is 7.58. The maximum Gasteiger partial charge on any atom is 0.387 e. The fourth-order valence-corrected chi connectivity index (χ4v) is 2.54. The number of hydrogen-bond acceptors (Lipinski definition) is 5. The highest BCUT2D eigenvalue weighted by Crippen LogP contribution is 2.38. The zero-order chi connectivity index (χ0) is 18.0. The molecule has 1 aromatic carbocycles. The number of nitrogens with one attached hydrogen (secondary N) is 1. The molecule has 1 heterocycles. The highest BCUT2D eigenvalue weighted by atomic mass is 35.5. The van der Waals surface area contributed by atoms with Gasteiger partial charge in [-0.05, 0) is 25.0 Å². The van der Waals surface area contributed by atoms with Crippen LogP contribution < -0.4 is 15.8 Å². The Kier molecular flexibility index (Phi) is 4.98. The molecular formula is C16H15ClF2N4O2. The third-order valence-electron chi connectivity index (χ3n) is 3.74. The first-order chi connectivity index (χ1) is 12.0. The highest BCUT2D eigenvalue weighted by molar-refractivity contribution is 6.31. The summed E-state index contributed by atoms with van der Waals surface area (Å²) >= 11 is 6.01. The lowest BCUT2D eigenvalue weighted by Crippen LogP contribution is -2.25. The van der Waals surface area contributed by atoms with Gasteiger partial charge in [0.15, 0.2) is 0 Å². The third kappa shape index (κ3) is 4.14. The summed E-state index contributed by atoms with van der Waals surface area (Å²) in [6, 6.07) is 4.35. The van der Waals surface area contributed by atoms with Crippen LogP contribution in [0.3, 0.4) is 0 Å². The van der Waals surface area contributed by atoms with Crippen molar-refractivity contribution >= 4 is 23.3 Å². The maximum atomic E-state index is 12.5. The van der Waals surface area contributed by atoms with Gasteiger partial charge in [-0.2, -0.15) is 8.78 Å². The number of aromatic nitrogens is 2. The van der Waals surface area contributed by atoms with Crippen LogP contribution in [0.25, 0.3) is 0 Å². The van der Waals surface area contributed by atoms with Crippen LogP contribution in [0.5, 0.6) is 5.75 Å². The minimum atomic E-state index is -2.99. The number of benzene rings is 1. The van der Waals surface area contributed by atoms with Gasteiger partial charge >= 0.3 is 6.61 Å². The molecule has 1 amide bonds. The third-order valence-corrected chi connectivity index (χ3v) is 4.10. The van der Waals surface area contributed by atoms with Crippen LogP contribution >= 0.6 is 11.6 Å². The predicted molar refractivity (Wildman–Crippen MR) is 87.7 cm³/mol. The number of anilines is 1. The van der Waals surface area contributed by atoms with E-state index in [1.165, 1.54) is 24.4 Å². The number of carbonyl (C=O) groups is 1. The Morgan fingerprint density at radius 2 is 2.20 bits per heavy atom. The molecule has 1 aliphatic rings. The van der Waals surface area contributed by atoms with Gasteiger partial charge in [-0.25, -0.2) is 9.97 Å². The second-order valence-corrected chi connectivity index (χ2v) is 5.99. The summed E-state index contributed by atoms with van der Waals surface area (Å²) in [5, 5.41) is 2.77. The van der Waals surface area contributed by atoms with E-state index in [0.717, 1.165) is 12.8 Å². The zero-order valence-corrected chi connectivity index (χ0v) is 13.8. The Morgan fingerprint density at radius 3 is 2.84 bits per heavy atom. The van der Waals surface area contributed by atoms with Crippen LogP contribution in [-0.2, 0) is 6.54 Å². The normalized spacial score (nSPS) is 13.8. The summed E-state index contributed by atoms with van der Waals surface area (Å²) < 4.78 is 29.4. The minimum Gasteiger partial charge on any atom is -0.434 e. The fraction of sp³-hybridized carbons (Fsp3) is 0.312. The van der Waals surface area contributed by atoms with Crippen LogP contribution in [-0.4, -0.2) is 22.5 Å². The number of hydrogen-bond donors (Lipinski definition) is 2. The maximum absolute atomic E-state index is 12.5. The van der Waals surface area contributed by atoms with Crippen LogP contribution in [0.1, 0.15) is 40.5 Å². The molecule has 0 bridgehead atoms. The summed E-state index contributed by atoms with van der Waals surface area (Å²) in [4.78, 5) is 20.6. The standard InChI is InChI=1S/C16H15ClF2N4O2/c17-11-2-1-3-12(25-16(18)19)9(11)6-22-15(24)10-7-21-14(8-4-5-8)23-13(10)20/h1-3,7-8,16H,4-6H2,(H,22,24)(H2,20,21,23). The summed E-state index contributed by atoms with van der Waals surface area (Å²) in [5.41, 5.74) is 6.18. The first kappa shape index (κ1) is 17.3. The smallest absolute Gasteiger partial charge is 0.387 e. The quantitative estimate of drug-likeness (QED) is 0.817. The molecule has 2 aromatic rings. The SMILES string of the molecule is Nc1nc(C2CC2)ncc1C(=O)NCc1c(Cl)cccc1OC(F)F. The van der Waals surface area contributed by atoms with E-state index >= 15 is 0 Å². The molecule has 0 radical (unpaired) electrons. The van der Waals surface area contributed by atoms with Crippen molar-refractivity contribution in [2.75, 3.05) is 5.73 Å². The van der Waals surface area contributed by atoms with E-state index in [1.54, 1.807) is 0 Å². The Morgan fingerprint density at radius 1 is 1.44 bits per heavy atom. The number of nitrogen functional groups attached to an aromatic ring is 1. The average molecular weight is 369 g/mol. The van der Waals surface area contributed by atoms with E-state index in [4.69, 9.17) is 17.3 Å². The molecule has 3 N–H and O–H groups in total. The molecule has 1 aliphatic carbocycles. The molecule has 0 atom stereocenters. The van der Waals surface area contributed by atoms with Crippen molar-refractivity contribution in [2.45, 2.75) is 31.9 Å². The van der Waals surface area contributed by atoms with E-state index in [9.17, 15) is 13.6 Å². The van der Waals surface area contributed by atoms with Gasteiger partial charge in [0, 0.05) is 29.2 Å². The first-order valence-corrected chi connectivity index (χ1v) is 7.96.